The van der Waals surface area contributed by atoms with Gasteiger partial charge in [0.05, 0.1) is 0 Å². The van der Waals surface area contributed by atoms with Gasteiger partial charge in [0.15, 0.2) is 0 Å². The summed E-state index contributed by atoms with van der Waals surface area (Å²) in [5.74, 6) is 1.11. The van der Waals surface area contributed by atoms with E-state index in [1.165, 1.54) is 16.7 Å². The smallest absolute Gasteiger partial charge is 0.0451 e. The van der Waals surface area contributed by atoms with Crippen LogP contribution >= 0.6 is 0 Å². The molecule has 0 bridgehead atoms. The van der Waals surface area contributed by atoms with Crippen molar-refractivity contribution in [3.8, 4) is 0 Å². The maximum atomic E-state index is 4.33. The molecule has 2 N–H and O–H groups in total. The van der Waals surface area contributed by atoms with E-state index in [0.717, 1.165) is 26.1 Å². The van der Waals surface area contributed by atoms with Gasteiger partial charge in [0.25, 0.3) is 0 Å². The lowest BCUT2D eigenvalue weighted by molar-refractivity contribution is 0.492. The molecule has 0 amide bonds. The average Bonchev–Trinajstić information content (AvgIpc) is 2.44. The fourth-order valence-electron chi connectivity index (χ4n) is 2.26. The van der Waals surface area contributed by atoms with Crippen molar-refractivity contribution in [2.24, 2.45) is 11.8 Å². The topological polar surface area (TPSA) is 24.1 Å². The van der Waals surface area contributed by atoms with Gasteiger partial charge in [-0.05, 0) is 59.4 Å². The second-order valence-electron chi connectivity index (χ2n) is 5.82. The molecule has 2 nitrogen and oxygen atoms in total. The highest BCUT2D eigenvalue weighted by atomic mass is 15.0. The quantitative estimate of drug-likeness (QED) is 0.354. The predicted octanol–water partition coefficient (Wildman–Crippen LogP) is 4.27. The van der Waals surface area contributed by atoms with E-state index < -0.39 is 0 Å². The molecule has 0 aromatic carbocycles. The van der Waals surface area contributed by atoms with Crippen LogP contribution in [0, 0.1) is 11.8 Å². The maximum Gasteiger partial charge on any atom is 0.0451 e. The summed E-state index contributed by atoms with van der Waals surface area (Å²) in [7, 11) is 1.96. The second kappa shape index (κ2) is 10.9. The van der Waals surface area contributed by atoms with Crippen LogP contribution in [0.2, 0.25) is 0 Å². The van der Waals surface area contributed by atoms with E-state index in [9.17, 15) is 0 Å². The molecule has 0 saturated heterocycles. The molecule has 0 aliphatic rings. The Kier molecular flexibility index (Phi) is 10.4. The summed E-state index contributed by atoms with van der Waals surface area (Å²) in [5, 5.41) is 6.57. The minimum Gasteiger partial charge on any atom is -0.308 e. The summed E-state index contributed by atoms with van der Waals surface area (Å²) >= 11 is 0. The van der Waals surface area contributed by atoms with Crippen LogP contribution in [0.15, 0.2) is 35.5 Å². The molecule has 0 aromatic rings. The van der Waals surface area contributed by atoms with Crippen molar-refractivity contribution in [1.29, 1.82) is 0 Å². The summed E-state index contributed by atoms with van der Waals surface area (Å²) in [6, 6.07) is 0. The first-order chi connectivity index (χ1) is 9.46. The molecular weight excluding hydrogens is 244 g/mol. The fraction of sp³-hybridized carbons (Fsp3) is 0.667. The van der Waals surface area contributed by atoms with Gasteiger partial charge in [-0.1, -0.05) is 42.4 Å². The molecule has 20 heavy (non-hydrogen) atoms. The summed E-state index contributed by atoms with van der Waals surface area (Å²) < 4.78 is 0. The Morgan fingerprint density at radius 2 is 1.80 bits per heavy atom. The molecule has 0 aliphatic heterocycles. The van der Waals surface area contributed by atoms with E-state index in [0.29, 0.717) is 11.8 Å². The third kappa shape index (κ3) is 7.66. The Balaban J connectivity index is 4.52. The van der Waals surface area contributed by atoms with Crippen molar-refractivity contribution < 1.29 is 0 Å². The van der Waals surface area contributed by atoms with Crippen LogP contribution in [0.3, 0.4) is 0 Å². The van der Waals surface area contributed by atoms with Crippen LogP contribution in [0.1, 0.15) is 47.5 Å². The van der Waals surface area contributed by atoms with Crippen LogP contribution in [-0.2, 0) is 0 Å². The van der Waals surface area contributed by atoms with Crippen LogP contribution in [-0.4, -0.2) is 20.3 Å². The summed E-state index contributed by atoms with van der Waals surface area (Å²) in [6.07, 6.45) is 6.62. The number of hydrogen-bond acceptors (Lipinski definition) is 2. The van der Waals surface area contributed by atoms with E-state index >= 15 is 0 Å². The number of rotatable bonds is 10. The molecule has 0 saturated carbocycles. The van der Waals surface area contributed by atoms with Gasteiger partial charge < -0.3 is 10.6 Å². The van der Waals surface area contributed by atoms with Crippen molar-refractivity contribution in [2.75, 3.05) is 20.3 Å². The van der Waals surface area contributed by atoms with Crippen molar-refractivity contribution >= 4 is 0 Å². The Morgan fingerprint density at radius 1 is 1.15 bits per heavy atom. The zero-order valence-corrected chi connectivity index (χ0v) is 14.3. The van der Waals surface area contributed by atoms with E-state index in [4.69, 9.17) is 0 Å². The van der Waals surface area contributed by atoms with Crippen LogP contribution < -0.4 is 10.6 Å². The van der Waals surface area contributed by atoms with Gasteiger partial charge in [-0.2, -0.15) is 0 Å². The highest BCUT2D eigenvalue weighted by molar-refractivity contribution is 5.12. The zero-order chi connectivity index (χ0) is 15.5. The Labute approximate surface area is 126 Å². The van der Waals surface area contributed by atoms with Gasteiger partial charge in [-0.15, -0.1) is 0 Å². The third-order valence-electron chi connectivity index (χ3n) is 4.12. The first-order valence-electron chi connectivity index (χ1n) is 7.73. The zero-order valence-electron chi connectivity index (χ0n) is 14.3. The molecule has 0 spiro atoms. The van der Waals surface area contributed by atoms with Gasteiger partial charge in [0.1, 0.15) is 0 Å². The minimum absolute atomic E-state index is 0.550. The normalized spacial score (nSPS) is 16.1. The molecule has 0 fully saturated rings. The molecule has 0 aliphatic carbocycles. The highest BCUT2D eigenvalue weighted by Gasteiger charge is 2.15. The van der Waals surface area contributed by atoms with E-state index in [2.05, 4.69) is 64.0 Å². The van der Waals surface area contributed by atoms with E-state index in [-0.39, 0.29) is 0 Å². The van der Waals surface area contributed by atoms with Gasteiger partial charge in [-0.3, -0.25) is 0 Å². The fourth-order valence-corrected chi connectivity index (χ4v) is 2.26. The maximum absolute atomic E-state index is 4.33. The lowest BCUT2D eigenvalue weighted by Gasteiger charge is -2.23. The molecule has 116 valence electrons. The monoisotopic (exact) mass is 278 g/mol. The lowest BCUT2D eigenvalue weighted by Crippen LogP contribution is -2.31. The van der Waals surface area contributed by atoms with E-state index in [1.807, 2.05) is 7.05 Å². The Bertz CT molecular complexity index is 339. The third-order valence-corrected chi connectivity index (χ3v) is 4.12. The van der Waals surface area contributed by atoms with Gasteiger partial charge in [-0.25, -0.2) is 0 Å². The standard InChI is InChI=1S/C18H34N2/c1-8-14(3)10-16(5)17(6)11-18(15(4)9-2)12-20-13-19-7/h8-9,16,18-20H,6,10-13H2,1-5,7H3/b14-8-,15-9+. The van der Waals surface area contributed by atoms with Gasteiger partial charge in [0.2, 0.25) is 0 Å². The Morgan fingerprint density at radius 3 is 2.30 bits per heavy atom. The molecule has 2 unspecified atom stereocenters. The molecule has 0 aromatic heterocycles. The van der Waals surface area contributed by atoms with Gasteiger partial charge in [0, 0.05) is 13.2 Å². The molecule has 2 atom stereocenters. The average molecular weight is 278 g/mol. The predicted molar refractivity (Wildman–Crippen MR) is 91.8 cm³/mol. The molecule has 0 radical (unpaired) electrons. The number of allylic oxidation sites excluding steroid dienone is 4. The van der Waals surface area contributed by atoms with Crippen molar-refractivity contribution in [3.63, 3.8) is 0 Å². The first-order valence-corrected chi connectivity index (χ1v) is 7.73. The largest absolute Gasteiger partial charge is 0.308 e. The molecular formula is C18H34N2. The Hall–Kier alpha value is -0.860. The van der Waals surface area contributed by atoms with Crippen LogP contribution in [0.4, 0.5) is 0 Å². The highest BCUT2D eigenvalue weighted by Crippen LogP contribution is 2.26. The van der Waals surface area contributed by atoms with Crippen LogP contribution in [0.5, 0.6) is 0 Å². The SMILES string of the molecule is C=C(CC(CNCNC)/C(C)=C/C)C(C)C/C(C)=C\C. The summed E-state index contributed by atoms with van der Waals surface area (Å²) in [6.45, 7) is 17.1. The van der Waals surface area contributed by atoms with Crippen molar-refractivity contribution in [1.82, 2.24) is 10.6 Å². The summed E-state index contributed by atoms with van der Waals surface area (Å²) in [5.41, 5.74) is 4.26. The number of hydrogen-bond donors (Lipinski definition) is 2. The first kappa shape index (κ1) is 19.1. The molecule has 0 heterocycles. The van der Waals surface area contributed by atoms with E-state index in [1.54, 1.807) is 0 Å². The second-order valence-corrected chi connectivity index (χ2v) is 5.82. The van der Waals surface area contributed by atoms with Crippen molar-refractivity contribution in [3.05, 3.63) is 35.5 Å². The summed E-state index contributed by atoms with van der Waals surface area (Å²) in [4.78, 5) is 0. The van der Waals surface area contributed by atoms with Crippen LogP contribution in [0.25, 0.3) is 0 Å². The van der Waals surface area contributed by atoms with Gasteiger partial charge >= 0.3 is 0 Å². The minimum atomic E-state index is 0.550. The molecule has 2 heteroatoms. The van der Waals surface area contributed by atoms with Crippen molar-refractivity contribution in [2.45, 2.75) is 47.5 Å². The number of nitrogens with one attached hydrogen (secondary N) is 2. The molecule has 0 rings (SSSR count). The lowest BCUT2D eigenvalue weighted by atomic mass is 9.85.